The Bertz CT molecular complexity index is 146. The van der Waals surface area contributed by atoms with Gasteiger partial charge in [-0.3, -0.25) is 4.79 Å². The molecule has 0 saturated carbocycles. The van der Waals surface area contributed by atoms with Crippen LogP contribution in [0.5, 0.6) is 0 Å². The van der Waals surface area contributed by atoms with Crippen molar-refractivity contribution in [2.24, 2.45) is 5.73 Å². The summed E-state index contributed by atoms with van der Waals surface area (Å²) in [6.45, 7) is 2.72. The fraction of sp³-hybridized carbons (Fsp3) is 0.833. The predicted octanol–water partition coefficient (Wildman–Crippen LogP) is -1.07. The maximum absolute atomic E-state index is 10.3. The summed E-state index contributed by atoms with van der Waals surface area (Å²) in [5.41, 5.74) is 5.22. The monoisotopic (exact) mass is 163 g/mol. The summed E-state index contributed by atoms with van der Waals surface area (Å²) in [6.07, 6.45) is 0.306. The fourth-order valence-electron chi connectivity index (χ4n) is 0.553. The van der Waals surface area contributed by atoms with Crippen LogP contribution < -0.4 is 5.73 Å². The average molecular weight is 163 g/mol. The summed E-state index contributed by atoms with van der Waals surface area (Å²) >= 11 is 0. The van der Waals surface area contributed by atoms with E-state index in [2.05, 4.69) is 4.74 Å². The molecule has 0 spiro atoms. The van der Waals surface area contributed by atoms with Crippen LogP contribution in [-0.2, 0) is 9.53 Å². The molecule has 5 heteroatoms. The van der Waals surface area contributed by atoms with Gasteiger partial charge in [-0.2, -0.15) is 0 Å². The lowest BCUT2D eigenvalue weighted by Crippen LogP contribution is -2.50. The van der Waals surface area contributed by atoms with Crippen LogP contribution in [0.3, 0.4) is 0 Å². The molecule has 66 valence electrons. The molecular weight excluding hydrogens is 150 g/mol. The average Bonchev–Trinajstić information content (AvgIpc) is 1.83. The number of ether oxygens (including phenoxy) is 1. The van der Waals surface area contributed by atoms with Gasteiger partial charge < -0.3 is 20.7 Å². The van der Waals surface area contributed by atoms with Crippen LogP contribution in [0.1, 0.15) is 20.3 Å². The number of hydrogen-bond donors (Lipinski definition) is 3. The number of nitrogens with two attached hydrogens (primary N) is 1. The molecule has 1 atom stereocenters. The SMILES string of the molecule is CCC(N)C(O)(O)OC(C)=O. The Labute approximate surface area is 64.8 Å². The zero-order chi connectivity index (χ0) is 9.07. The van der Waals surface area contributed by atoms with E-state index >= 15 is 0 Å². The molecule has 0 heterocycles. The number of rotatable bonds is 3. The van der Waals surface area contributed by atoms with Crippen molar-refractivity contribution < 1.29 is 19.7 Å². The normalized spacial score (nSPS) is 14.3. The van der Waals surface area contributed by atoms with Gasteiger partial charge in [-0.1, -0.05) is 6.92 Å². The van der Waals surface area contributed by atoms with E-state index in [1.54, 1.807) is 6.92 Å². The number of aliphatic hydroxyl groups is 2. The highest BCUT2D eigenvalue weighted by Crippen LogP contribution is 2.09. The summed E-state index contributed by atoms with van der Waals surface area (Å²) < 4.78 is 4.14. The van der Waals surface area contributed by atoms with Crippen LogP contribution in [0, 0.1) is 0 Å². The minimum atomic E-state index is -2.54. The van der Waals surface area contributed by atoms with Gasteiger partial charge in [0.2, 0.25) is 0 Å². The minimum Gasteiger partial charge on any atom is -0.407 e. The van der Waals surface area contributed by atoms with E-state index in [9.17, 15) is 4.79 Å². The van der Waals surface area contributed by atoms with Crippen molar-refractivity contribution in [1.29, 1.82) is 0 Å². The Balaban J connectivity index is 4.08. The van der Waals surface area contributed by atoms with Gasteiger partial charge in [0, 0.05) is 6.92 Å². The number of esters is 1. The predicted molar refractivity (Wildman–Crippen MR) is 37.2 cm³/mol. The van der Waals surface area contributed by atoms with E-state index in [4.69, 9.17) is 15.9 Å². The zero-order valence-electron chi connectivity index (χ0n) is 6.57. The van der Waals surface area contributed by atoms with Crippen molar-refractivity contribution in [2.45, 2.75) is 32.3 Å². The highest BCUT2D eigenvalue weighted by atomic mass is 16.8. The summed E-state index contributed by atoms with van der Waals surface area (Å²) in [5, 5.41) is 17.9. The molecule has 0 fully saturated rings. The second-order valence-corrected chi connectivity index (χ2v) is 2.27. The van der Waals surface area contributed by atoms with Gasteiger partial charge in [0.1, 0.15) is 0 Å². The quantitative estimate of drug-likeness (QED) is 0.363. The van der Waals surface area contributed by atoms with Gasteiger partial charge in [-0.15, -0.1) is 0 Å². The van der Waals surface area contributed by atoms with Gasteiger partial charge in [0.05, 0.1) is 6.04 Å². The van der Waals surface area contributed by atoms with E-state index in [1.807, 2.05) is 0 Å². The van der Waals surface area contributed by atoms with E-state index < -0.39 is 18.0 Å². The van der Waals surface area contributed by atoms with Crippen LogP contribution in [0.15, 0.2) is 0 Å². The molecule has 0 aliphatic carbocycles. The van der Waals surface area contributed by atoms with Crippen LogP contribution in [-0.4, -0.2) is 28.2 Å². The molecule has 0 aliphatic heterocycles. The molecule has 0 saturated heterocycles. The zero-order valence-corrected chi connectivity index (χ0v) is 6.57. The number of carbonyl (C=O) groups excluding carboxylic acids is 1. The maximum atomic E-state index is 10.3. The molecule has 0 aliphatic rings. The van der Waals surface area contributed by atoms with Crippen molar-refractivity contribution in [3.05, 3.63) is 0 Å². The first-order valence-corrected chi connectivity index (χ1v) is 3.30. The van der Waals surface area contributed by atoms with E-state index in [1.165, 1.54) is 0 Å². The molecule has 5 nitrogen and oxygen atoms in total. The molecule has 1 unspecified atom stereocenters. The minimum absolute atomic E-state index is 0.306. The molecule has 0 bridgehead atoms. The van der Waals surface area contributed by atoms with Crippen molar-refractivity contribution in [1.82, 2.24) is 0 Å². The van der Waals surface area contributed by atoms with Gasteiger partial charge in [0.15, 0.2) is 0 Å². The van der Waals surface area contributed by atoms with Crippen molar-refractivity contribution in [3.63, 3.8) is 0 Å². The lowest BCUT2D eigenvalue weighted by Gasteiger charge is -2.25. The first-order chi connectivity index (χ1) is 4.90. The molecule has 4 N–H and O–H groups in total. The van der Waals surface area contributed by atoms with Crippen molar-refractivity contribution in [2.75, 3.05) is 0 Å². The topological polar surface area (TPSA) is 92.8 Å². The standard InChI is InChI=1S/C6H13NO4/c1-3-5(7)6(9,10)11-4(2)8/h5,9-10H,3,7H2,1-2H3. The van der Waals surface area contributed by atoms with Crippen LogP contribution in [0.25, 0.3) is 0 Å². The molecule has 0 radical (unpaired) electrons. The van der Waals surface area contributed by atoms with Crippen molar-refractivity contribution in [3.8, 4) is 0 Å². The first kappa shape index (κ1) is 10.3. The molecule has 0 aromatic heterocycles. The summed E-state index contributed by atoms with van der Waals surface area (Å²) in [4.78, 5) is 10.3. The Hall–Kier alpha value is -0.650. The van der Waals surface area contributed by atoms with Crippen molar-refractivity contribution >= 4 is 5.97 Å². The second kappa shape index (κ2) is 3.66. The smallest absolute Gasteiger partial charge is 0.340 e. The lowest BCUT2D eigenvalue weighted by atomic mass is 10.2. The molecular formula is C6H13NO4. The highest BCUT2D eigenvalue weighted by molar-refractivity contribution is 5.66. The third-order valence-corrected chi connectivity index (χ3v) is 1.22. The third kappa shape index (κ3) is 3.31. The molecule has 11 heavy (non-hydrogen) atoms. The Morgan fingerprint density at radius 3 is 2.45 bits per heavy atom. The van der Waals surface area contributed by atoms with Crippen LogP contribution in [0.2, 0.25) is 0 Å². The fourth-order valence-corrected chi connectivity index (χ4v) is 0.553. The summed E-state index contributed by atoms with van der Waals surface area (Å²) in [6, 6.07) is -0.980. The van der Waals surface area contributed by atoms with E-state index in [0.29, 0.717) is 6.42 Å². The number of carbonyl (C=O) groups is 1. The Kier molecular flexibility index (Phi) is 3.44. The highest BCUT2D eigenvalue weighted by Gasteiger charge is 2.34. The first-order valence-electron chi connectivity index (χ1n) is 3.30. The lowest BCUT2D eigenvalue weighted by molar-refractivity contribution is -0.328. The van der Waals surface area contributed by atoms with Gasteiger partial charge in [-0.05, 0) is 6.42 Å². The van der Waals surface area contributed by atoms with E-state index in [-0.39, 0.29) is 0 Å². The maximum Gasteiger partial charge on any atom is 0.340 e. The summed E-state index contributed by atoms with van der Waals surface area (Å²) in [7, 11) is 0. The number of hydrogen-bond acceptors (Lipinski definition) is 5. The van der Waals surface area contributed by atoms with Gasteiger partial charge >= 0.3 is 11.9 Å². The largest absolute Gasteiger partial charge is 0.407 e. The van der Waals surface area contributed by atoms with E-state index in [0.717, 1.165) is 6.92 Å². The second-order valence-electron chi connectivity index (χ2n) is 2.27. The van der Waals surface area contributed by atoms with Crippen LogP contribution in [0.4, 0.5) is 0 Å². The third-order valence-electron chi connectivity index (χ3n) is 1.22. The molecule has 0 aromatic rings. The Morgan fingerprint density at radius 2 is 2.18 bits per heavy atom. The molecule has 0 amide bonds. The van der Waals surface area contributed by atoms with Crippen LogP contribution >= 0.6 is 0 Å². The van der Waals surface area contributed by atoms with Gasteiger partial charge in [0.25, 0.3) is 0 Å². The molecule has 0 aromatic carbocycles. The molecule has 0 rings (SSSR count). The Morgan fingerprint density at radius 1 is 1.73 bits per heavy atom. The summed E-state index contributed by atoms with van der Waals surface area (Å²) in [5.74, 6) is -3.32. The van der Waals surface area contributed by atoms with Gasteiger partial charge in [-0.25, -0.2) is 0 Å².